The molecule has 196 valence electrons. The van der Waals surface area contributed by atoms with Crippen LogP contribution in [0.4, 0.5) is 5.69 Å². The number of rotatable bonds is 3. The number of hydrogen-bond donors (Lipinski definition) is 1. The summed E-state index contributed by atoms with van der Waals surface area (Å²) in [6.45, 7) is 20.7. The maximum atomic E-state index is 11.6. The fourth-order valence-corrected chi connectivity index (χ4v) is 5.05. The summed E-state index contributed by atoms with van der Waals surface area (Å²) in [7, 11) is 1.92. The van der Waals surface area contributed by atoms with Crippen molar-refractivity contribution >= 4 is 16.7 Å². The van der Waals surface area contributed by atoms with E-state index in [4.69, 9.17) is 11.6 Å². The Labute approximate surface area is 230 Å². The van der Waals surface area contributed by atoms with E-state index in [2.05, 4.69) is 69.6 Å². The lowest BCUT2D eigenvalue weighted by molar-refractivity contribution is 0.446. The van der Waals surface area contributed by atoms with E-state index in [9.17, 15) is 5.11 Å². The number of hydrogen-bond acceptors (Lipinski definition) is 3. The molecule has 39 heavy (non-hydrogen) atoms. The van der Waals surface area contributed by atoms with Crippen molar-refractivity contribution in [1.82, 2.24) is 14.5 Å². The number of phenolic OH excluding ortho intramolecular Hbond substituents is 1. The van der Waals surface area contributed by atoms with Crippen molar-refractivity contribution in [1.29, 1.82) is 0 Å². The first-order chi connectivity index (χ1) is 18.4. The van der Waals surface area contributed by atoms with Crippen LogP contribution in [0.1, 0.15) is 52.7 Å². The average Bonchev–Trinajstić information content (AvgIpc) is 3.24. The number of benzene rings is 3. The zero-order valence-electron chi connectivity index (χ0n) is 23.7. The molecular weight excluding hydrogens is 480 g/mol. The molecule has 0 aliphatic rings. The summed E-state index contributed by atoms with van der Waals surface area (Å²) in [5, 5.41) is 11.6. The quantitative estimate of drug-likeness (QED) is 0.245. The first-order valence-corrected chi connectivity index (χ1v) is 13.2. The van der Waals surface area contributed by atoms with E-state index in [1.54, 1.807) is 6.20 Å². The van der Waals surface area contributed by atoms with Gasteiger partial charge < -0.3 is 9.67 Å². The molecule has 0 fully saturated rings. The van der Waals surface area contributed by atoms with Gasteiger partial charge in [0.05, 0.1) is 28.9 Å². The van der Waals surface area contributed by atoms with E-state index >= 15 is 0 Å². The molecule has 2 heterocycles. The smallest absolute Gasteiger partial charge is 0.212 e. The van der Waals surface area contributed by atoms with Crippen LogP contribution in [-0.4, -0.2) is 19.6 Å². The van der Waals surface area contributed by atoms with E-state index in [0.717, 1.165) is 44.5 Å². The van der Waals surface area contributed by atoms with Crippen LogP contribution >= 0.6 is 0 Å². The summed E-state index contributed by atoms with van der Waals surface area (Å²) in [5.41, 5.74) is 8.14. The topological polar surface area (TPSA) is 55.3 Å². The molecule has 0 unspecified atom stereocenters. The van der Waals surface area contributed by atoms with Crippen molar-refractivity contribution < 1.29 is 5.11 Å². The van der Waals surface area contributed by atoms with Crippen LogP contribution in [0.3, 0.4) is 0 Å². The minimum absolute atomic E-state index is 0.119. The lowest BCUT2D eigenvalue weighted by Gasteiger charge is -2.27. The van der Waals surface area contributed by atoms with Gasteiger partial charge in [-0.25, -0.2) is 9.83 Å². The number of phenols is 1. The molecule has 5 heteroatoms. The first kappa shape index (κ1) is 26.2. The third-order valence-corrected chi connectivity index (χ3v) is 7.28. The fraction of sp³-hybridized carbons (Fsp3) is 0.265. The minimum Gasteiger partial charge on any atom is -0.507 e. The number of aromatic hydroxyl groups is 1. The van der Waals surface area contributed by atoms with Gasteiger partial charge in [-0.3, -0.25) is 4.98 Å². The van der Waals surface area contributed by atoms with Crippen molar-refractivity contribution in [3.63, 3.8) is 0 Å². The number of nitrogens with zero attached hydrogens (tertiary/aromatic N) is 4. The van der Waals surface area contributed by atoms with Gasteiger partial charge in [-0.1, -0.05) is 84.0 Å². The van der Waals surface area contributed by atoms with Gasteiger partial charge in [0.1, 0.15) is 11.6 Å². The lowest BCUT2D eigenvalue weighted by Crippen LogP contribution is -2.17. The largest absolute Gasteiger partial charge is 0.507 e. The summed E-state index contributed by atoms with van der Waals surface area (Å²) in [5.74, 6) is 0.870. The van der Waals surface area contributed by atoms with Crippen molar-refractivity contribution in [3.05, 3.63) is 95.5 Å². The molecule has 0 spiro atoms. The van der Waals surface area contributed by atoms with Crippen LogP contribution in [0.2, 0.25) is 0 Å². The second-order valence-corrected chi connectivity index (χ2v) is 12.2. The van der Waals surface area contributed by atoms with Crippen LogP contribution in [0, 0.1) is 6.57 Å². The van der Waals surface area contributed by atoms with Gasteiger partial charge >= 0.3 is 0 Å². The molecule has 5 nitrogen and oxygen atoms in total. The minimum atomic E-state index is -0.260. The van der Waals surface area contributed by atoms with Crippen molar-refractivity contribution in [2.45, 2.75) is 52.4 Å². The molecule has 0 amide bonds. The normalized spacial score (nSPS) is 12.1. The molecule has 0 saturated carbocycles. The standard InChI is InChI=1S/C34H34N4O/c1-33(2,3)23-19-25(31(39)26(20-23)34(4,5)6)32-37-29-24(15-16-28(35-7)30(29)38(32)8)21-12-11-13-22(18-21)27-14-9-10-17-36-27/h9-20,39H,1-6,8H3. The van der Waals surface area contributed by atoms with Gasteiger partial charge in [-0.15, -0.1) is 0 Å². The predicted octanol–water partition coefficient (Wildman–Crippen LogP) is 8.82. The summed E-state index contributed by atoms with van der Waals surface area (Å²) in [6.07, 6.45) is 1.79. The number of aryl methyl sites for hydroxylation is 1. The Bertz CT molecular complexity index is 1740. The summed E-state index contributed by atoms with van der Waals surface area (Å²) >= 11 is 0. The van der Waals surface area contributed by atoms with Gasteiger partial charge in [-0.2, -0.15) is 0 Å². The van der Waals surface area contributed by atoms with Crippen LogP contribution in [-0.2, 0) is 17.9 Å². The SMILES string of the molecule is [C-]#[N+]c1ccc(-c2cccc(-c3ccccn3)c2)c2nc(-c3cc(C(C)(C)C)cc(C(C)(C)C)c3O)n(C)c12. The highest BCUT2D eigenvalue weighted by Crippen LogP contribution is 2.44. The highest BCUT2D eigenvalue weighted by molar-refractivity contribution is 6.02. The molecule has 3 aromatic carbocycles. The Morgan fingerprint density at radius 2 is 1.56 bits per heavy atom. The van der Waals surface area contributed by atoms with E-state index in [-0.39, 0.29) is 16.6 Å². The molecule has 0 atom stereocenters. The van der Waals surface area contributed by atoms with Gasteiger partial charge in [-0.05, 0) is 46.2 Å². The van der Waals surface area contributed by atoms with Crippen LogP contribution in [0.15, 0.2) is 72.9 Å². The van der Waals surface area contributed by atoms with Crippen LogP contribution in [0.5, 0.6) is 5.75 Å². The molecule has 2 aromatic heterocycles. The zero-order chi connectivity index (χ0) is 28.1. The summed E-state index contributed by atoms with van der Waals surface area (Å²) < 4.78 is 1.95. The second kappa shape index (κ2) is 9.39. The van der Waals surface area contributed by atoms with E-state index < -0.39 is 0 Å². The number of pyridine rings is 1. The molecule has 0 radical (unpaired) electrons. The van der Waals surface area contributed by atoms with Gasteiger partial charge in [0, 0.05) is 29.9 Å². The highest BCUT2D eigenvalue weighted by Gasteiger charge is 2.28. The lowest BCUT2D eigenvalue weighted by atomic mass is 9.79. The Kier molecular flexibility index (Phi) is 6.31. The maximum absolute atomic E-state index is 11.6. The molecule has 0 bridgehead atoms. The average molecular weight is 515 g/mol. The molecule has 0 aliphatic carbocycles. The van der Waals surface area contributed by atoms with Crippen LogP contribution in [0.25, 0.3) is 49.7 Å². The Hall–Kier alpha value is -4.43. The monoisotopic (exact) mass is 514 g/mol. The molecule has 5 aromatic rings. The third kappa shape index (κ3) is 4.68. The van der Waals surface area contributed by atoms with Gasteiger partial charge in [0.15, 0.2) is 0 Å². The predicted molar refractivity (Wildman–Crippen MR) is 160 cm³/mol. The second-order valence-electron chi connectivity index (χ2n) is 12.2. The number of aromatic nitrogens is 3. The molecular formula is C34H34N4O. The maximum Gasteiger partial charge on any atom is 0.212 e. The first-order valence-electron chi connectivity index (χ1n) is 13.2. The van der Waals surface area contributed by atoms with E-state index in [0.29, 0.717) is 17.1 Å². The third-order valence-electron chi connectivity index (χ3n) is 7.28. The van der Waals surface area contributed by atoms with Crippen molar-refractivity contribution in [2.24, 2.45) is 7.05 Å². The van der Waals surface area contributed by atoms with Crippen molar-refractivity contribution in [3.8, 4) is 39.5 Å². The van der Waals surface area contributed by atoms with E-state index in [1.807, 2.05) is 60.1 Å². The fourth-order valence-electron chi connectivity index (χ4n) is 5.05. The zero-order valence-corrected chi connectivity index (χ0v) is 23.7. The summed E-state index contributed by atoms with van der Waals surface area (Å²) in [6, 6.07) is 22.1. The molecule has 0 aliphatic heterocycles. The van der Waals surface area contributed by atoms with Gasteiger partial charge in [0.2, 0.25) is 5.69 Å². The van der Waals surface area contributed by atoms with Crippen molar-refractivity contribution in [2.75, 3.05) is 0 Å². The van der Waals surface area contributed by atoms with Crippen LogP contribution < -0.4 is 0 Å². The number of fused-ring (bicyclic) bond motifs is 1. The Balaban J connectivity index is 1.79. The molecule has 0 saturated heterocycles. The molecule has 1 N–H and O–H groups in total. The van der Waals surface area contributed by atoms with E-state index in [1.165, 1.54) is 0 Å². The Morgan fingerprint density at radius 3 is 2.21 bits per heavy atom. The van der Waals surface area contributed by atoms with Gasteiger partial charge in [0.25, 0.3) is 0 Å². The number of imidazole rings is 1. The highest BCUT2D eigenvalue weighted by atomic mass is 16.3. The Morgan fingerprint density at radius 1 is 0.821 bits per heavy atom. The summed E-state index contributed by atoms with van der Waals surface area (Å²) in [4.78, 5) is 13.4. The molecule has 5 rings (SSSR count).